The van der Waals surface area contributed by atoms with E-state index in [1.54, 1.807) is 12.1 Å². The van der Waals surface area contributed by atoms with Gasteiger partial charge < -0.3 is 9.67 Å². The van der Waals surface area contributed by atoms with Gasteiger partial charge in [-0.15, -0.1) is 0 Å². The van der Waals surface area contributed by atoms with Gasteiger partial charge in [0.15, 0.2) is 5.78 Å². The zero-order valence-electron chi connectivity index (χ0n) is 10.7. The van der Waals surface area contributed by atoms with E-state index in [0.717, 1.165) is 11.1 Å². The number of hydrogen-bond acceptors (Lipinski definition) is 2. The van der Waals surface area contributed by atoms with Crippen molar-refractivity contribution >= 4 is 11.8 Å². The van der Waals surface area contributed by atoms with Gasteiger partial charge in [-0.3, -0.25) is 9.59 Å². The van der Waals surface area contributed by atoms with E-state index in [1.807, 2.05) is 35.0 Å². The molecule has 1 aromatic carbocycles. The number of aliphatic carboxylic acids is 1. The van der Waals surface area contributed by atoms with Crippen LogP contribution in [0.15, 0.2) is 42.6 Å². The lowest BCUT2D eigenvalue weighted by molar-refractivity contribution is -0.136. The predicted octanol–water partition coefficient (Wildman–Crippen LogP) is 2.37. The second-order valence-electron chi connectivity index (χ2n) is 4.42. The first kappa shape index (κ1) is 13.1. The van der Waals surface area contributed by atoms with Crippen LogP contribution < -0.4 is 0 Å². The molecule has 2 rings (SSSR count). The second kappa shape index (κ2) is 5.52. The quantitative estimate of drug-likeness (QED) is 0.836. The number of aromatic nitrogens is 1. The average Bonchev–Trinajstić information content (AvgIpc) is 2.79. The Morgan fingerprint density at radius 2 is 1.79 bits per heavy atom. The number of carboxylic acids is 1. The number of rotatable bonds is 5. The first-order valence-electron chi connectivity index (χ1n) is 6.02. The molecule has 19 heavy (non-hydrogen) atoms. The van der Waals surface area contributed by atoms with E-state index in [0.29, 0.717) is 12.2 Å². The van der Waals surface area contributed by atoms with Crippen LogP contribution in [0.4, 0.5) is 0 Å². The molecule has 0 unspecified atom stereocenters. The van der Waals surface area contributed by atoms with E-state index >= 15 is 0 Å². The zero-order valence-corrected chi connectivity index (χ0v) is 10.7. The highest BCUT2D eigenvalue weighted by Gasteiger charge is 2.10. The third-order valence-electron chi connectivity index (χ3n) is 2.99. The Balaban J connectivity index is 2.30. The second-order valence-corrected chi connectivity index (χ2v) is 4.42. The van der Waals surface area contributed by atoms with Gasteiger partial charge in [0.2, 0.25) is 0 Å². The number of carbonyl (C=O) groups excluding carboxylic acids is 1. The average molecular weight is 257 g/mol. The van der Waals surface area contributed by atoms with Gasteiger partial charge >= 0.3 is 5.97 Å². The number of ketones is 1. The molecule has 0 fully saturated rings. The number of Topliss-reactive ketones (excluding diaryl/α,β-unsaturated/α-hetero) is 1. The van der Waals surface area contributed by atoms with Crippen LogP contribution >= 0.6 is 0 Å². The zero-order chi connectivity index (χ0) is 13.8. The first-order valence-corrected chi connectivity index (χ1v) is 6.02. The topological polar surface area (TPSA) is 59.3 Å². The van der Waals surface area contributed by atoms with Crippen LogP contribution in [0.25, 0.3) is 0 Å². The van der Waals surface area contributed by atoms with Crippen molar-refractivity contribution in [3.05, 3.63) is 59.4 Å². The molecule has 1 heterocycles. The molecule has 0 aliphatic heterocycles. The molecule has 1 N–H and O–H groups in total. The Hall–Kier alpha value is -2.36. The SMILES string of the molecule is CC(=O)c1cccn1Cc1ccccc1CC(=O)O. The van der Waals surface area contributed by atoms with Crippen molar-refractivity contribution in [1.29, 1.82) is 0 Å². The van der Waals surface area contributed by atoms with Crippen molar-refractivity contribution in [2.24, 2.45) is 0 Å². The van der Waals surface area contributed by atoms with E-state index < -0.39 is 5.97 Å². The molecule has 98 valence electrons. The van der Waals surface area contributed by atoms with Gasteiger partial charge in [0.25, 0.3) is 0 Å². The Morgan fingerprint density at radius 3 is 2.42 bits per heavy atom. The van der Waals surface area contributed by atoms with Crippen LogP contribution in [0.3, 0.4) is 0 Å². The molecule has 4 nitrogen and oxygen atoms in total. The van der Waals surface area contributed by atoms with Crippen molar-refractivity contribution in [3.8, 4) is 0 Å². The lowest BCUT2D eigenvalue weighted by atomic mass is 10.0. The highest BCUT2D eigenvalue weighted by atomic mass is 16.4. The highest BCUT2D eigenvalue weighted by Crippen LogP contribution is 2.14. The third-order valence-corrected chi connectivity index (χ3v) is 2.99. The third kappa shape index (κ3) is 3.10. The molecule has 0 spiro atoms. The Kier molecular flexibility index (Phi) is 3.80. The van der Waals surface area contributed by atoms with Crippen LogP contribution in [0, 0.1) is 0 Å². The summed E-state index contributed by atoms with van der Waals surface area (Å²) in [5.74, 6) is -0.854. The van der Waals surface area contributed by atoms with Crippen molar-refractivity contribution < 1.29 is 14.7 Å². The number of carbonyl (C=O) groups is 2. The molecule has 1 aromatic heterocycles. The van der Waals surface area contributed by atoms with Gasteiger partial charge in [0.05, 0.1) is 12.1 Å². The summed E-state index contributed by atoms with van der Waals surface area (Å²) in [6.45, 7) is 2.03. The van der Waals surface area contributed by atoms with E-state index in [1.165, 1.54) is 6.92 Å². The normalized spacial score (nSPS) is 10.4. The fourth-order valence-corrected chi connectivity index (χ4v) is 2.10. The van der Waals surface area contributed by atoms with Gasteiger partial charge in [-0.1, -0.05) is 24.3 Å². The lowest BCUT2D eigenvalue weighted by Gasteiger charge is -2.11. The standard InChI is InChI=1S/C15H15NO3/c1-11(17)14-7-4-8-16(14)10-13-6-3-2-5-12(13)9-15(18)19/h2-8H,9-10H2,1H3,(H,18,19). The van der Waals surface area contributed by atoms with Gasteiger partial charge in [-0.05, 0) is 23.3 Å². The maximum Gasteiger partial charge on any atom is 0.307 e. The van der Waals surface area contributed by atoms with Gasteiger partial charge in [-0.25, -0.2) is 0 Å². The summed E-state index contributed by atoms with van der Waals surface area (Å²) in [4.78, 5) is 22.3. The predicted molar refractivity (Wildman–Crippen MR) is 71.3 cm³/mol. The van der Waals surface area contributed by atoms with Crippen molar-refractivity contribution in [2.75, 3.05) is 0 Å². The molecule has 4 heteroatoms. The Morgan fingerprint density at radius 1 is 1.11 bits per heavy atom. The minimum atomic E-state index is -0.855. The summed E-state index contributed by atoms with van der Waals surface area (Å²) in [6.07, 6.45) is 1.82. The van der Waals surface area contributed by atoms with E-state index in [-0.39, 0.29) is 12.2 Å². The van der Waals surface area contributed by atoms with E-state index in [4.69, 9.17) is 5.11 Å². The number of benzene rings is 1. The first-order chi connectivity index (χ1) is 9.08. The molecule has 0 aliphatic carbocycles. The molecule has 2 aromatic rings. The van der Waals surface area contributed by atoms with Crippen LogP contribution in [0.1, 0.15) is 28.5 Å². The van der Waals surface area contributed by atoms with Crippen molar-refractivity contribution in [3.63, 3.8) is 0 Å². The molecule has 0 bridgehead atoms. The summed E-state index contributed by atoms with van der Waals surface area (Å²) in [6, 6.07) is 11.0. The van der Waals surface area contributed by atoms with Crippen LogP contribution in [0.5, 0.6) is 0 Å². The highest BCUT2D eigenvalue weighted by molar-refractivity contribution is 5.92. The Bertz CT molecular complexity index is 613. The van der Waals surface area contributed by atoms with Gasteiger partial charge in [-0.2, -0.15) is 0 Å². The molecular formula is C15H15NO3. The summed E-state index contributed by atoms with van der Waals surface area (Å²) < 4.78 is 1.84. The molecule has 0 aliphatic rings. The van der Waals surface area contributed by atoms with Crippen molar-refractivity contribution in [1.82, 2.24) is 4.57 Å². The van der Waals surface area contributed by atoms with Crippen LogP contribution in [0.2, 0.25) is 0 Å². The fourth-order valence-electron chi connectivity index (χ4n) is 2.10. The summed E-state index contributed by atoms with van der Waals surface area (Å²) in [7, 11) is 0. The minimum Gasteiger partial charge on any atom is -0.481 e. The molecular weight excluding hydrogens is 242 g/mol. The molecule has 0 saturated carbocycles. The molecule has 0 atom stereocenters. The van der Waals surface area contributed by atoms with Crippen molar-refractivity contribution in [2.45, 2.75) is 19.9 Å². The lowest BCUT2D eigenvalue weighted by Crippen LogP contribution is -2.10. The number of nitrogens with zero attached hydrogens (tertiary/aromatic N) is 1. The van der Waals surface area contributed by atoms with Crippen LogP contribution in [-0.2, 0) is 17.8 Å². The molecule has 0 saturated heterocycles. The summed E-state index contributed by atoms with van der Waals surface area (Å²) in [5, 5.41) is 8.90. The Labute approximate surface area is 111 Å². The summed E-state index contributed by atoms with van der Waals surface area (Å²) >= 11 is 0. The number of hydrogen-bond donors (Lipinski definition) is 1. The van der Waals surface area contributed by atoms with Crippen LogP contribution in [-0.4, -0.2) is 21.4 Å². The van der Waals surface area contributed by atoms with Gasteiger partial charge in [0, 0.05) is 19.7 Å². The maximum absolute atomic E-state index is 11.5. The monoisotopic (exact) mass is 257 g/mol. The minimum absolute atomic E-state index is 0.000663. The summed E-state index contributed by atoms with van der Waals surface area (Å²) in [5.41, 5.74) is 2.33. The molecule has 0 amide bonds. The fraction of sp³-hybridized carbons (Fsp3) is 0.200. The largest absolute Gasteiger partial charge is 0.481 e. The van der Waals surface area contributed by atoms with Gasteiger partial charge in [0.1, 0.15) is 0 Å². The van der Waals surface area contributed by atoms with E-state index in [9.17, 15) is 9.59 Å². The molecule has 0 radical (unpaired) electrons. The number of carboxylic acid groups (broad SMARTS) is 1. The maximum atomic E-state index is 11.5. The van der Waals surface area contributed by atoms with E-state index in [2.05, 4.69) is 0 Å². The smallest absolute Gasteiger partial charge is 0.307 e.